The molecule has 2 heterocycles. The molecule has 1 aromatic heterocycles. The maximum atomic E-state index is 5.35. The maximum Gasteiger partial charge on any atom is 0.231 e. The second-order valence-corrected chi connectivity index (χ2v) is 3.59. The Morgan fingerprint density at radius 3 is 2.75 bits per heavy atom. The third kappa shape index (κ3) is 1.83. The Morgan fingerprint density at radius 2 is 2.00 bits per heavy atom. The van der Waals surface area contributed by atoms with Gasteiger partial charge < -0.3 is 13.9 Å². The number of oxazole rings is 1. The summed E-state index contributed by atoms with van der Waals surface area (Å²) in [5, 5.41) is 0. The van der Waals surface area contributed by atoms with Gasteiger partial charge in [0, 0.05) is 6.92 Å². The SMILES string of the molecule is CCC.Cc1nc2c3c(ccc2o1)OCO3. The van der Waals surface area contributed by atoms with Crippen molar-refractivity contribution in [1.82, 2.24) is 4.98 Å². The molecule has 0 unspecified atom stereocenters. The van der Waals surface area contributed by atoms with Crippen LogP contribution in [0.5, 0.6) is 11.5 Å². The van der Waals surface area contributed by atoms with E-state index in [9.17, 15) is 0 Å². The smallest absolute Gasteiger partial charge is 0.231 e. The molecule has 2 aromatic rings. The maximum absolute atomic E-state index is 5.35. The van der Waals surface area contributed by atoms with E-state index in [4.69, 9.17) is 13.9 Å². The van der Waals surface area contributed by atoms with Gasteiger partial charge >= 0.3 is 0 Å². The summed E-state index contributed by atoms with van der Waals surface area (Å²) in [6.45, 7) is 6.32. The van der Waals surface area contributed by atoms with E-state index >= 15 is 0 Å². The number of aryl methyl sites for hydroxylation is 1. The van der Waals surface area contributed by atoms with E-state index in [0.717, 1.165) is 16.8 Å². The van der Waals surface area contributed by atoms with E-state index in [2.05, 4.69) is 18.8 Å². The number of benzene rings is 1. The van der Waals surface area contributed by atoms with Gasteiger partial charge in [0.15, 0.2) is 28.5 Å². The van der Waals surface area contributed by atoms with Gasteiger partial charge in [-0.05, 0) is 12.1 Å². The van der Waals surface area contributed by atoms with Crippen LogP contribution in [0.2, 0.25) is 0 Å². The second kappa shape index (κ2) is 4.43. The lowest BCUT2D eigenvalue weighted by atomic mass is 10.3. The zero-order valence-corrected chi connectivity index (χ0v) is 9.74. The summed E-state index contributed by atoms with van der Waals surface area (Å²) in [5.41, 5.74) is 1.48. The molecule has 3 rings (SSSR count). The predicted octanol–water partition coefficient (Wildman–Crippen LogP) is 3.28. The Bertz CT molecular complexity index is 490. The predicted molar refractivity (Wildman–Crippen MR) is 60.8 cm³/mol. The molecular weight excluding hydrogens is 206 g/mol. The molecule has 0 N–H and O–H groups in total. The first-order valence-electron chi connectivity index (χ1n) is 5.42. The molecule has 1 aliphatic rings. The lowest BCUT2D eigenvalue weighted by Gasteiger charge is -1.93. The van der Waals surface area contributed by atoms with E-state index in [0.29, 0.717) is 11.6 Å². The highest BCUT2D eigenvalue weighted by atomic mass is 16.7. The van der Waals surface area contributed by atoms with Gasteiger partial charge in [0.05, 0.1) is 0 Å². The van der Waals surface area contributed by atoms with E-state index < -0.39 is 0 Å². The molecule has 4 heteroatoms. The number of nitrogens with zero attached hydrogens (tertiary/aromatic N) is 1. The molecule has 86 valence electrons. The molecule has 0 aliphatic carbocycles. The van der Waals surface area contributed by atoms with Crippen molar-refractivity contribution in [3.8, 4) is 11.5 Å². The highest BCUT2D eigenvalue weighted by Gasteiger charge is 2.19. The Morgan fingerprint density at radius 1 is 1.25 bits per heavy atom. The number of hydrogen-bond acceptors (Lipinski definition) is 4. The van der Waals surface area contributed by atoms with Crippen molar-refractivity contribution in [2.24, 2.45) is 0 Å². The van der Waals surface area contributed by atoms with Crippen molar-refractivity contribution >= 4 is 11.1 Å². The molecule has 0 fully saturated rings. The van der Waals surface area contributed by atoms with Crippen molar-refractivity contribution < 1.29 is 13.9 Å². The summed E-state index contributed by atoms with van der Waals surface area (Å²) >= 11 is 0. The van der Waals surface area contributed by atoms with Crippen LogP contribution in [0, 0.1) is 6.92 Å². The van der Waals surface area contributed by atoms with E-state index in [-0.39, 0.29) is 6.79 Å². The van der Waals surface area contributed by atoms with Crippen LogP contribution in [-0.4, -0.2) is 11.8 Å². The molecule has 0 amide bonds. The molecule has 0 saturated heterocycles. The van der Waals surface area contributed by atoms with E-state index in [1.54, 1.807) is 0 Å². The number of fused-ring (bicyclic) bond motifs is 3. The van der Waals surface area contributed by atoms with E-state index in [1.807, 2.05) is 19.1 Å². The summed E-state index contributed by atoms with van der Waals surface area (Å²) in [4.78, 5) is 4.21. The van der Waals surface area contributed by atoms with Gasteiger partial charge in [0.1, 0.15) is 0 Å². The summed E-state index contributed by atoms with van der Waals surface area (Å²) in [6.07, 6.45) is 1.25. The number of rotatable bonds is 0. The molecular formula is C12H15NO3. The van der Waals surface area contributed by atoms with Crippen LogP contribution in [0.3, 0.4) is 0 Å². The van der Waals surface area contributed by atoms with Crippen LogP contribution in [0.4, 0.5) is 0 Å². The monoisotopic (exact) mass is 221 g/mol. The molecule has 1 aliphatic heterocycles. The Labute approximate surface area is 94.2 Å². The molecule has 0 radical (unpaired) electrons. The Kier molecular flexibility index (Phi) is 2.99. The third-order valence-electron chi connectivity index (χ3n) is 2.00. The number of aromatic nitrogens is 1. The van der Waals surface area contributed by atoms with E-state index in [1.165, 1.54) is 6.42 Å². The normalized spacial score (nSPS) is 12.4. The highest BCUT2D eigenvalue weighted by molar-refractivity contribution is 5.83. The van der Waals surface area contributed by atoms with Gasteiger partial charge in [0.25, 0.3) is 0 Å². The van der Waals surface area contributed by atoms with Crippen molar-refractivity contribution in [1.29, 1.82) is 0 Å². The van der Waals surface area contributed by atoms with Gasteiger partial charge in [-0.3, -0.25) is 0 Å². The fourth-order valence-corrected chi connectivity index (χ4v) is 1.47. The summed E-state index contributed by atoms with van der Waals surface area (Å²) in [6, 6.07) is 3.66. The first-order chi connectivity index (χ1) is 7.76. The largest absolute Gasteiger partial charge is 0.453 e. The van der Waals surface area contributed by atoms with Crippen LogP contribution < -0.4 is 9.47 Å². The summed E-state index contributed by atoms with van der Waals surface area (Å²) in [5.74, 6) is 2.06. The van der Waals surface area contributed by atoms with Crippen molar-refractivity contribution in [2.75, 3.05) is 6.79 Å². The fraction of sp³-hybridized carbons (Fsp3) is 0.417. The number of hydrogen-bond donors (Lipinski definition) is 0. The molecule has 16 heavy (non-hydrogen) atoms. The van der Waals surface area contributed by atoms with Crippen LogP contribution in [0.15, 0.2) is 16.5 Å². The Hall–Kier alpha value is -1.71. The third-order valence-corrected chi connectivity index (χ3v) is 2.00. The molecule has 0 saturated carbocycles. The highest BCUT2D eigenvalue weighted by Crippen LogP contribution is 2.38. The minimum atomic E-state index is 0.264. The Balaban J connectivity index is 0.000000292. The van der Waals surface area contributed by atoms with Crippen LogP contribution >= 0.6 is 0 Å². The molecule has 0 atom stereocenters. The minimum Gasteiger partial charge on any atom is -0.453 e. The molecule has 4 nitrogen and oxygen atoms in total. The summed E-state index contributed by atoms with van der Waals surface area (Å²) in [7, 11) is 0. The van der Waals surface area contributed by atoms with Crippen LogP contribution in [0.25, 0.3) is 11.1 Å². The first-order valence-corrected chi connectivity index (χ1v) is 5.42. The molecule has 1 aromatic carbocycles. The van der Waals surface area contributed by atoms with Crippen molar-refractivity contribution in [3.05, 3.63) is 18.0 Å². The van der Waals surface area contributed by atoms with Gasteiger partial charge in [-0.1, -0.05) is 20.3 Å². The second-order valence-electron chi connectivity index (χ2n) is 3.59. The van der Waals surface area contributed by atoms with Crippen LogP contribution in [0.1, 0.15) is 26.2 Å². The minimum absolute atomic E-state index is 0.264. The number of ether oxygens (including phenoxy) is 2. The first kappa shape index (κ1) is 10.8. The van der Waals surface area contributed by atoms with Crippen molar-refractivity contribution in [2.45, 2.75) is 27.2 Å². The van der Waals surface area contributed by atoms with Gasteiger partial charge in [-0.15, -0.1) is 0 Å². The lowest BCUT2D eigenvalue weighted by molar-refractivity contribution is 0.174. The fourth-order valence-electron chi connectivity index (χ4n) is 1.47. The average molecular weight is 221 g/mol. The lowest BCUT2D eigenvalue weighted by Crippen LogP contribution is -1.93. The topological polar surface area (TPSA) is 44.5 Å². The van der Waals surface area contributed by atoms with Gasteiger partial charge in [-0.2, -0.15) is 0 Å². The van der Waals surface area contributed by atoms with Gasteiger partial charge in [-0.25, -0.2) is 4.98 Å². The quantitative estimate of drug-likeness (QED) is 0.684. The van der Waals surface area contributed by atoms with Gasteiger partial charge in [0.2, 0.25) is 6.79 Å². The average Bonchev–Trinajstić information content (AvgIpc) is 2.81. The van der Waals surface area contributed by atoms with Crippen LogP contribution in [-0.2, 0) is 0 Å². The zero-order valence-electron chi connectivity index (χ0n) is 9.74. The zero-order chi connectivity index (χ0) is 11.5. The molecule has 0 bridgehead atoms. The standard InChI is InChI=1S/C9H7NO3.C3H8/c1-5-10-8-6(13-5)2-3-7-9(8)12-4-11-7;1-3-2/h2-3H,4H2,1H3;3H2,1-2H3. The van der Waals surface area contributed by atoms with Crippen molar-refractivity contribution in [3.63, 3.8) is 0 Å². The molecule has 0 spiro atoms. The summed E-state index contributed by atoms with van der Waals surface area (Å²) < 4.78 is 15.8.